The Morgan fingerprint density at radius 2 is 2.08 bits per heavy atom. The molecule has 1 aromatic heterocycles. The SMILES string of the molecule is CCc1ccc(Nc2nnc(SCC(=O)N[C@H]3CCS(=O)(=O)C3)s2)cc1. The monoisotopic (exact) mass is 412 g/mol. The number of aromatic nitrogens is 2. The summed E-state index contributed by atoms with van der Waals surface area (Å²) in [6.07, 6.45) is 1.48. The van der Waals surface area contributed by atoms with Crippen LogP contribution in [-0.4, -0.2) is 47.8 Å². The maximum Gasteiger partial charge on any atom is 0.230 e. The topological polar surface area (TPSA) is 101 Å². The van der Waals surface area contributed by atoms with Crippen LogP contribution in [0.3, 0.4) is 0 Å². The van der Waals surface area contributed by atoms with Gasteiger partial charge in [-0.15, -0.1) is 10.2 Å². The molecule has 1 fully saturated rings. The average Bonchev–Trinajstić information content (AvgIpc) is 3.19. The molecule has 0 spiro atoms. The van der Waals surface area contributed by atoms with Gasteiger partial charge in [0.05, 0.1) is 17.3 Å². The van der Waals surface area contributed by atoms with Gasteiger partial charge in [-0.05, 0) is 30.5 Å². The van der Waals surface area contributed by atoms with Crippen molar-refractivity contribution in [2.75, 3.05) is 22.6 Å². The lowest BCUT2D eigenvalue weighted by Gasteiger charge is -2.09. The van der Waals surface area contributed by atoms with Crippen molar-refractivity contribution in [2.24, 2.45) is 0 Å². The van der Waals surface area contributed by atoms with Gasteiger partial charge in [0.25, 0.3) is 0 Å². The molecule has 1 atom stereocenters. The van der Waals surface area contributed by atoms with E-state index >= 15 is 0 Å². The molecule has 1 aliphatic rings. The van der Waals surface area contributed by atoms with Crippen molar-refractivity contribution in [3.05, 3.63) is 29.8 Å². The highest BCUT2D eigenvalue weighted by molar-refractivity contribution is 8.01. The Balaban J connectivity index is 1.46. The Morgan fingerprint density at radius 1 is 1.31 bits per heavy atom. The Hall–Kier alpha value is -1.65. The van der Waals surface area contributed by atoms with E-state index in [0.717, 1.165) is 12.1 Å². The number of carbonyl (C=O) groups is 1. The number of nitrogens with zero attached hydrogens (tertiary/aromatic N) is 2. The molecule has 1 aromatic carbocycles. The number of sulfone groups is 1. The first kappa shape index (κ1) is 19.1. The van der Waals surface area contributed by atoms with Crippen LogP contribution in [-0.2, 0) is 21.1 Å². The standard InChI is InChI=1S/C16H20N4O3S3/c1-2-11-3-5-12(6-4-11)18-15-19-20-16(25-15)24-9-14(21)17-13-7-8-26(22,23)10-13/h3-6,13H,2,7-10H2,1H3,(H,17,21)(H,18,19)/t13-/m0/s1. The summed E-state index contributed by atoms with van der Waals surface area (Å²) in [4.78, 5) is 12.0. The van der Waals surface area contributed by atoms with E-state index in [1.165, 1.54) is 28.7 Å². The minimum atomic E-state index is -2.99. The van der Waals surface area contributed by atoms with Crippen LogP contribution < -0.4 is 10.6 Å². The number of carbonyl (C=O) groups excluding carboxylic acids is 1. The van der Waals surface area contributed by atoms with Crippen LogP contribution in [0, 0.1) is 0 Å². The lowest BCUT2D eigenvalue weighted by molar-refractivity contribution is -0.119. The highest BCUT2D eigenvalue weighted by atomic mass is 32.2. The molecule has 7 nitrogen and oxygen atoms in total. The van der Waals surface area contributed by atoms with Gasteiger partial charge in [-0.2, -0.15) is 0 Å². The van der Waals surface area contributed by atoms with E-state index < -0.39 is 9.84 Å². The maximum absolute atomic E-state index is 12.0. The Morgan fingerprint density at radius 3 is 2.73 bits per heavy atom. The van der Waals surface area contributed by atoms with Crippen LogP contribution in [0.5, 0.6) is 0 Å². The second-order valence-electron chi connectivity index (χ2n) is 6.00. The van der Waals surface area contributed by atoms with E-state index in [0.29, 0.717) is 15.9 Å². The number of aryl methyl sites for hydroxylation is 1. The average molecular weight is 413 g/mol. The predicted octanol–water partition coefficient (Wildman–Crippen LogP) is 2.24. The van der Waals surface area contributed by atoms with Gasteiger partial charge in [-0.25, -0.2) is 8.42 Å². The summed E-state index contributed by atoms with van der Waals surface area (Å²) in [6, 6.07) is 7.84. The van der Waals surface area contributed by atoms with E-state index in [9.17, 15) is 13.2 Å². The summed E-state index contributed by atoms with van der Waals surface area (Å²) in [6.45, 7) is 2.11. The molecule has 10 heteroatoms. The number of benzene rings is 1. The van der Waals surface area contributed by atoms with Gasteiger partial charge in [-0.1, -0.05) is 42.2 Å². The summed E-state index contributed by atoms with van der Waals surface area (Å²) >= 11 is 2.67. The molecule has 1 aliphatic heterocycles. The zero-order valence-electron chi connectivity index (χ0n) is 14.3. The third kappa shape index (κ3) is 5.42. The second kappa shape index (κ2) is 8.36. The number of thioether (sulfide) groups is 1. The summed E-state index contributed by atoms with van der Waals surface area (Å²) in [7, 11) is -2.99. The molecule has 0 unspecified atom stereocenters. The lowest BCUT2D eigenvalue weighted by atomic mass is 10.1. The third-order valence-corrected chi connectivity index (χ3v) is 7.68. The molecule has 2 aromatic rings. The van der Waals surface area contributed by atoms with Crippen molar-refractivity contribution in [2.45, 2.75) is 30.1 Å². The quantitative estimate of drug-likeness (QED) is 0.673. The number of rotatable bonds is 7. The summed E-state index contributed by atoms with van der Waals surface area (Å²) in [5.41, 5.74) is 2.21. The Bertz CT molecular complexity index is 865. The van der Waals surface area contributed by atoms with Gasteiger partial charge in [0.15, 0.2) is 14.2 Å². The van der Waals surface area contributed by atoms with Gasteiger partial charge in [0.1, 0.15) is 0 Å². The molecule has 3 rings (SSSR count). The van der Waals surface area contributed by atoms with Crippen LogP contribution in [0.25, 0.3) is 0 Å². The second-order valence-corrected chi connectivity index (χ2v) is 10.4. The lowest BCUT2D eigenvalue weighted by Crippen LogP contribution is -2.36. The molecule has 0 saturated carbocycles. The third-order valence-electron chi connectivity index (χ3n) is 3.94. The summed E-state index contributed by atoms with van der Waals surface area (Å²) < 4.78 is 23.5. The van der Waals surface area contributed by atoms with Crippen LogP contribution in [0.2, 0.25) is 0 Å². The highest BCUT2D eigenvalue weighted by Crippen LogP contribution is 2.27. The predicted molar refractivity (Wildman–Crippen MR) is 105 cm³/mol. The fourth-order valence-electron chi connectivity index (χ4n) is 2.57. The first-order chi connectivity index (χ1) is 12.4. The van der Waals surface area contributed by atoms with Crippen molar-refractivity contribution in [3.63, 3.8) is 0 Å². The molecule has 2 heterocycles. The van der Waals surface area contributed by atoms with Gasteiger partial charge in [0.2, 0.25) is 11.0 Å². The smallest absolute Gasteiger partial charge is 0.230 e. The minimum Gasteiger partial charge on any atom is -0.352 e. The maximum atomic E-state index is 12.0. The molecule has 140 valence electrons. The highest BCUT2D eigenvalue weighted by Gasteiger charge is 2.28. The first-order valence-corrected chi connectivity index (χ1v) is 11.9. The molecule has 0 bridgehead atoms. The van der Waals surface area contributed by atoms with Gasteiger partial charge < -0.3 is 10.6 Å². The Labute approximate surface area is 160 Å². The van der Waals surface area contributed by atoms with Crippen LogP contribution >= 0.6 is 23.1 Å². The number of anilines is 2. The first-order valence-electron chi connectivity index (χ1n) is 8.25. The fraction of sp³-hybridized carbons (Fsp3) is 0.438. The summed E-state index contributed by atoms with van der Waals surface area (Å²) in [5.74, 6) is 0.191. The van der Waals surface area contributed by atoms with Crippen molar-refractivity contribution in [1.82, 2.24) is 15.5 Å². The van der Waals surface area contributed by atoms with E-state index in [4.69, 9.17) is 0 Å². The molecule has 0 radical (unpaired) electrons. The van der Waals surface area contributed by atoms with Crippen LogP contribution in [0.4, 0.5) is 10.8 Å². The molecule has 2 N–H and O–H groups in total. The van der Waals surface area contributed by atoms with Crippen LogP contribution in [0.15, 0.2) is 28.6 Å². The van der Waals surface area contributed by atoms with Crippen LogP contribution in [0.1, 0.15) is 18.9 Å². The van der Waals surface area contributed by atoms with Crippen molar-refractivity contribution >= 4 is 49.7 Å². The normalized spacial score (nSPS) is 18.6. The number of hydrogen-bond donors (Lipinski definition) is 2. The van der Waals surface area contributed by atoms with Crippen molar-refractivity contribution < 1.29 is 13.2 Å². The zero-order valence-corrected chi connectivity index (χ0v) is 16.7. The minimum absolute atomic E-state index is 0.0348. The zero-order chi connectivity index (χ0) is 18.6. The van der Waals surface area contributed by atoms with E-state index in [-0.39, 0.29) is 29.2 Å². The van der Waals surface area contributed by atoms with Crippen molar-refractivity contribution in [1.29, 1.82) is 0 Å². The molecular formula is C16H20N4O3S3. The number of amides is 1. The summed E-state index contributed by atoms with van der Waals surface area (Å²) in [5, 5.41) is 14.8. The van der Waals surface area contributed by atoms with Gasteiger partial charge in [-0.3, -0.25) is 4.79 Å². The van der Waals surface area contributed by atoms with E-state index in [1.807, 2.05) is 12.1 Å². The van der Waals surface area contributed by atoms with E-state index in [1.54, 1.807) is 0 Å². The molecule has 26 heavy (non-hydrogen) atoms. The Kier molecular flexibility index (Phi) is 6.15. The molecular weight excluding hydrogens is 392 g/mol. The molecule has 1 amide bonds. The molecule has 0 aliphatic carbocycles. The number of nitrogens with one attached hydrogen (secondary N) is 2. The van der Waals surface area contributed by atoms with Crippen molar-refractivity contribution in [3.8, 4) is 0 Å². The van der Waals surface area contributed by atoms with Gasteiger partial charge >= 0.3 is 0 Å². The molecule has 1 saturated heterocycles. The fourth-order valence-corrected chi connectivity index (χ4v) is 5.83. The largest absolute Gasteiger partial charge is 0.352 e. The van der Waals surface area contributed by atoms with Gasteiger partial charge in [0, 0.05) is 11.7 Å². The van der Waals surface area contributed by atoms with E-state index in [2.05, 4.69) is 39.9 Å². The number of hydrogen-bond acceptors (Lipinski definition) is 8.